The summed E-state index contributed by atoms with van der Waals surface area (Å²) >= 11 is 0. The second-order valence-corrected chi connectivity index (χ2v) is 7.46. The molecule has 5 nitrogen and oxygen atoms in total. The number of carbonyl (C=O) groups is 1. The van der Waals surface area contributed by atoms with E-state index in [1.54, 1.807) is 0 Å². The average molecular weight is 331 g/mol. The lowest BCUT2D eigenvalue weighted by Gasteiger charge is -2.26. The lowest BCUT2D eigenvalue weighted by Crippen LogP contribution is -2.40. The molecule has 2 saturated heterocycles. The summed E-state index contributed by atoms with van der Waals surface area (Å²) in [6.45, 7) is 4.88. The third-order valence-electron chi connectivity index (χ3n) is 5.37. The number of hydrogen-bond acceptors (Lipinski definition) is 4. The molecule has 0 unspecified atom stereocenters. The van der Waals surface area contributed by atoms with E-state index in [2.05, 4.69) is 27.2 Å². The molecule has 5 heteroatoms. The molecule has 2 aliphatic heterocycles. The maximum absolute atomic E-state index is 12.4. The van der Waals surface area contributed by atoms with E-state index in [1.807, 2.05) is 32.3 Å². The number of nitrogens with one attached hydrogen (secondary N) is 1. The Bertz CT molecular complexity index is 541. The fraction of sp³-hybridized carbons (Fsp3) is 0.632. The highest BCUT2D eigenvalue weighted by atomic mass is 16.5. The minimum atomic E-state index is 0.119. The van der Waals surface area contributed by atoms with Crippen molar-refractivity contribution in [3.05, 3.63) is 35.9 Å². The van der Waals surface area contributed by atoms with Crippen LogP contribution in [0.2, 0.25) is 0 Å². The van der Waals surface area contributed by atoms with Gasteiger partial charge in [0, 0.05) is 25.1 Å². The molecule has 0 bridgehead atoms. The summed E-state index contributed by atoms with van der Waals surface area (Å²) in [5, 5.41) is 3.11. The van der Waals surface area contributed by atoms with E-state index in [0.29, 0.717) is 18.5 Å². The van der Waals surface area contributed by atoms with Gasteiger partial charge in [0.2, 0.25) is 5.91 Å². The van der Waals surface area contributed by atoms with E-state index in [1.165, 1.54) is 5.56 Å². The number of likely N-dealkylation sites (N-methyl/N-ethyl adjacent to an activating group) is 1. The van der Waals surface area contributed by atoms with Gasteiger partial charge in [-0.05, 0) is 39.0 Å². The zero-order valence-electron chi connectivity index (χ0n) is 14.8. The van der Waals surface area contributed by atoms with Crippen LogP contribution in [-0.2, 0) is 9.53 Å². The van der Waals surface area contributed by atoms with Gasteiger partial charge in [-0.3, -0.25) is 9.69 Å². The summed E-state index contributed by atoms with van der Waals surface area (Å²) in [6, 6.07) is 10.5. The van der Waals surface area contributed by atoms with Gasteiger partial charge in [-0.2, -0.15) is 0 Å². The lowest BCUT2D eigenvalue weighted by molar-refractivity contribution is -0.122. The van der Waals surface area contributed by atoms with Gasteiger partial charge >= 0.3 is 0 Å². The number of rotatable bonds is 6. The van der Waals surface area contributed by atoms with Crippen molar-refractivity contribution in [2.75, 3.05) is 53.5 Å². The van der Waals surface area contributed by atoms with Crippen molar-refractivity contribution in [3.8, 4) is 0 Å². The van der Waals surface area contributed by atoms with Crippen molar-refractivity contribution in [1.29, 1.82) is 0 Å². The molecule has 1 N–H and O–H groups in total. The zero-order valence-corrected chi connectivity index (χ0v) is 14.8. The number of hydrogen-bond donors (Lipinski definition) is 1. The van der Waals surface area contributed by atoms with Crippen molar-refractivity contribution in [1.82, 2.24) is 15.1 Å². The van der Waals surface area contributed by atoms with Crippen molar-refractivity contribution in [2.24, 2.45) is 5.41 Å². The standard InChI is InChI=1S/C19H29N3O2/c1-21(2)17(16-6-4-3-5-7-16)12-20-18(23)13-22-10-8-19(14-22)9-11-24-15-19/h3-7,17H,8-15H2,1-2H3,(H,20,23)/t17-,19-/m1/s1. The molecule has 2 heterocycles. The Hall–Kier alpha value is -1.43. The molecule has 0 saturated carbocycles. The second kappa shape index (κ2) is 7.64. The van der Waals surface area contributed by atoms with Crippen LogP contribution in [0.3, 0.4) is 0 Å². The van der Waals surface area contributed by atoms with Gasteiger partial charge in [0.05, 0.1) is 19.2 Å². The predicted octanol–water partition coefficient (Wildman–Crippen LogP) is 1.52. The first-order valence-corrected chi connectivity index (χ1v) is 8.86. The Morgan fingerprint density at radius 2 is 2.12 bits per heavy atom. The summed E-state index contributed by atoms with van der Waals surface area (Å²) in [5.74, 6) is 0.119. The van der Waals surface area contributed by atoms with Crippen LogP contribution in [-0.4, -0.2) is 69.2 Å². The maximum atomic E-state index is 12.4. The highest BCUT2D eigenvalue weighted by Crippen LogP contribution is 2.37. The lowest BCUT2D eigenvalue weighted by atomic mass is 9.87. The Kier molecular flexibility index (Phi) is 5.54. The van der Waals surface area contributed by atoms with Crippen LogP contribution in [0.1, 0.15) is 24.4 Å². The molecule has 2 aliphatic rings. The number of likely N-dealkylation sites (tertiary alicyclic amines) is 1. The van der Waals surface area contributed by atoms with Gasteiger partial charge in [0.1, 0.15) is 0 Å². The fourth-order valence-corrected chi connectivity index (χ4v) is 3.88. The number of carbonyl (C=O) groups excluding carboxylic acids is 1. The molecule has 1 amide bonds. The number of amides is 1. The van der Waals surface area contributed by atoms with Crippen LogP contribution >= 0.6 is 0 Å². The molecule has 1 aromatic rings. The summed E-state index contributed by atoms with van der Waals surface area (Å²) in [5.41, 5.74) is 1.54. The van der Waals surface area contributed by atoms with Crippen molar-refractivity contribution in [2.45, 2.75) is 18.9 Å². The molecule has 0 aliphatic carbocycles. The highest BCUT2D eigenvalue weighted by Gasteiger charge is 2.41. The number of nitrogens with zero attached hydrogens (tertiary/aromatic N) is 2. The van der Waals surface area contributed by atoms with Gasteiger partial charge in [0.25, 0.3) is 0 Å². The summed E-state index contributed by atoms with van der Waals surface area (Å²) < 4.78 is 5.56. The average Bonchev–Trinajstić information content (AvgIpc) is 3.18. The molecular formula is C19H29N3O2. The maximum Gasteiger partial charge on any atom is 0.234 e. The summed E-state index contributed by atoms with van der Waals surface area (Å²) in [6.07, 6.45) is 2.30. The molecule has 0 aromatic heterocycles. The molecule has 3 rings (SSSR count). The van der Waals surface area contributed by atoms with Crippen LogP contribution in [0.15, 0.2) is 30.3 Å². The van der Waals surface area contributed by atoms with Crippen LogP contribution in [0.4, 0.5) is 0 Å². The van der Waals surface area contributed by atoms with E-state index in [9.17, 15) is 4.79 Å². The topological polar surface area (TPSA) is 44.8 Å². The SMILES string of the molecule is CN(C)[C@H](CNC(=O)CN1CC[C@@]2(CCOC2)C1)c1ccccc1. The molecule has 24 heavy (non-hydrogen) atoms. The van der Waals surface area contributed by atoms with E-state index in [4.69, 9.17) is 4.74 Å². The van der Waals surface area contributed by atoms with Crippen molar-refractivity contribution in [3.63, 3.8) is 0 Å². The van der Waals surface area contributed by atoms with E-state index in [-0.39, 0.29) is 11.9 Å². The molecule has 132 valence electrons. The van der Waals surface area contributed by atoms with Crippen LogP contribution in [0, 0.1) is 5.41 Å². The Balaban J connectivity index is 1.48. The molecule has 0 radical (unpaired) electrons. The monoisotopic (exact) mass is 331 g/mol. The largest absolute Gasteiger partial charge is 0.381 e. The number of benzene rings is 1. The third-order valence-corrected chi connectivity index (χ3v) is 5.37. The van der Waals surface area contributed by atoms with Crippen LogP contribution in [0.25, 0.3) is 0 Å². The molecular weight excluding hydrogens is 302 g/mol. The van der Waals surface area contributed by atoms with Gasteiger partial charge < -0.3 is 15.0 Å². The fourth-order valence-electron chi connectivity index (χ4n) is 3.88. The first-order valence-electron chi connectivity index (χ1n) is 8.86. The first kappa shape index (κ1) is 17.4. The van der Waals surface area contributed by atoms with Crippen molar-refractivity contribution >= 4 is 5.91 Å². The summed E-state index contributed by atoms with van der Waals surface area (Å²) in [7, 11) is 4.10. The minimum absolute atomic E-state index is 0.119. The van der Waals surface area contributed by atoms with E-state index < -0.39 is 0 Å². The van der Waals surface area contributed by atoms with Crippen molar-refractivity contribution < 1.29 is 9.53 Å². The molecule has 2 fully saturated rings. The van der Waals surface area contributed by atoms with Gasteiger partial charge in [-0.15, -0.1) is 0 Å². The Morgan fingerprint density at radius 3 is 2.79 bits per heavy atom. The smallest absolute Gasteiger partial charge is 0.234 e. The van der Waals surface area contributed by atoms with E-state index >= 15 is 0 Å². The van der Waals surface area contributed by atoms with Crippen LogP contribution < -0.4 is 5.32 Å². The van der Waals surface area contributed by atoms with Gasteiger partial charge in [-0.25, -0.2) is 0 Å². The Labute approximate surface area is 145 Å². The highest BCUT2D eigenvalue weighted by molar-refractivity contribution is 5.78. The quantitative estimate of drug-likeness (QED) is 0.858. The zero-order chi connectivity index (χ0) is 17.0. The summed E-state index contributed by atoms with van der Waals surface area (Å²) in [4.78, 5) is 16.8. The third kappa shape index (κ3) is 4.15. The minimum Gasteiger partial charge on any atom is -0.381 e. The molecule has 1 spiro atoms. The number of ether oxygens (including phenoxy) is 1. The second-order valence-electron chi connectivity index (χ2n) is 7.46. The molecule has 2 atom stereocenters. The van der Waals surface area contributed by atoms with Gasteiger partial charge in [0.15, 0.2) is 0 Å². The van der Waals surface area contributed by atoms with E-state index in [0.717, 1.165) is 39.1 Å². The van der Waals surface area contributed by atoms with Gasteiger partial charge in [-0.1, -0.05) is 30.3 Å². The molecule has 1 aromatic carbocycles. The Morgan fingerprint density at radius 1 is 1.33 bits per heavy atom. The predicted molar refractivity (Wildman–Crippen MR) is 94.8 cm³/mol. The first-order chi connectivity index (χ1) is 11.6. The normalized spacial score (nSPS) is 25.5. The van der Waals surface area contributed by atoms with Crippen LogP contribution in [0.5, 0.6) is 0 Å².